The number of likely N-dealkylation sites (N-methyl/N-ethyl adjacent to an activating group) is 1. The van der Waals surface area contributed by atoms with E-state index < -0.39 is 11.6 Å². The van der Waals surface area contributed by atoms with Gasteiger partial charge in [0.05, 0.1) is 11.5 Å². The topological polar surface area (TPSA) is 72.8 Å². The molecule has 3 N–H and O–H groups in total. The lowest BCUT2D eigenvalue weighted by atomic mass is 9.79. The number of hydrogen-bond donors (Lipinski definition) is 3. The number of aliphatic hydroxyl groups is 1. The number of carbonyl (C=O) groups is 1. The molecule has 21 heavy (non-hydrogen) atoms. The number of carboxylic acids is 1. The molecule has 0 aromatic heterocycles. The van der Waals surface area contributed by atoms with E-state index in [4.69, 9.17) is 5.11 Å². The number of hydrogen-bond acceptors (Lipinski definition) is 4. The fraction of sp³-hybridized carbons (Fsp3) is 0.938. The number of carboxylic acid groups (broad SMARTS) is 1. The van der Waals surface area contributed by atoms with Gasteiger partial charge in [0.25, 0.3) is 0 Å². The van der Waals surface area contributed by atoms with E-state index >= 15 is 0 Å². The van der Waals surface area contributed by atoms with Crippen LogP contribution in [0.3, 0.4) is 0 Å². The molecule has 0 bridgehead atoms. The SMILES string of the molecule is CN(CCNCC1(O)CCC(C(=O)O)CC1)C1CCCC1. The molecule has 2 fully saturated rings. The van der Waals surface area contributed by atoms with Crippen molar-refractivity contribution in [3.8, 4) is 0 Å². The van der Waals surface area contributed by atoms with E-state index in [2.05, 4.69) is 17.3 Å². The highest BCUT2D eigenvalue weighted by molar-refractivity contribution is 5.70. The van der Waals surface area contributed by atoms with Crippen molar-refractivity contribution in [2.75, 3.05) is 26.7 Å². The van der Waals surface area contributed by atoms with Gasteiger partial charge < -0.3 is 20.4 Å². The van der Waals surface area contributed by atoms with Gasteiger partial charge in [0.1, 0.15) is 0 Å². The monoisotopic (exact) mass is 298 g/mol. The molecular weight excluding hydrogens is 268 g/mol. The van der Waals surface area contributed by atoms with Gasteiger partial charge in [0.15, 0.2) is 0 Å². The van der Waals surface area contributed by atoms with Crippen molar-refractivity contribution in [2.45, 2.75) is 63.0 Å². The Hall–Kier alpha value is -0.650. The molecular formula is C16H30N2O3. The quantitative estimate of drug-likeness (QED) is 0.621. The summed E-state index contributed by atoms with van der Waals surface area (Å²) in [5.74, 6) is -0.984. The molecule has 122 valence electrons. The van der Waals surface area contributed by atoms with E-state index in [-0.39, 0.29) is 5.92 Å². The van der Waals surface area contributed by atoms with Crippen LogP contribution in [0, 0.1) is 5.92 Å². The molecule has 0 atom stereocenters. The van der Waals surface area contributed by atoms with Crippen LogP contribution in [0.1, 0.15) is 51.4 Å². The van der Waals surface area contributed by atoms with Gasteiger partial charge in [0, 0.05) is 25.7 Å². The summed E-state index contributed by atoms with van der Waals surface area (Å²) in [4.78, 5) is 13.3. The van der Waals surface area contributed by atoms with Crippen LogP contribution >= 0.6 is 0 Å². The smallest absolute Gasteiger partial charge is 0.306 e. The van der Waals surface area contributed by atoms with Crippen molar-refractivity contribution >= 4 is 5.97 Å². The summed E-state index contributed by atoms with van der Waals surface area (Å²) in [6.07, 6.45) is 7.71. The van der Waals surface area contributed by atoms with Crippen molar-refractivity contribution in [3.05, 3.63) is 0 Å². The molecule has 0 spiro atoms. The van der Waals surface area contributed by atoms with Gasteiger partial charge >= 0.3 is 5.97 Å². The Balaban J connectivity index is 1.61. The molecule has 2 aliphatic rings. The maximum atomic E-state index is 10.9. The Morgan fingerprint density at radius 3 is 2.43 bits per heavy atom. The highest BCUT2D eigenvalue weighted by Gasteiger charge is 2.35. The fourth-order valence-corrected chi connectivity index (χ4v) is 3.68. The molecule has 0 aromatic carbocycles. The summed E-state index contributed by atoms with van der Waals surface area (Å²) >= 11 is 0. The zero-order valence-electron chi connectivity index (χ0n) is 13.2. The van der Waals surface area contributed by atoms with Gasteiger partial charge in [-0.1, -0.05) is 12.8 Å². The summed E-state index contributed by atoms with van der Waals surface area (Å²) in [7, 11) is 2.18. The summed E-state index contributed by atoms with van der Waals surface area (Å²) in [5.41, 5.74) is -0.710. The van der Waals surface area contributed by atoms with Gasteiger partial charge in [-0.15, -0.1) is 0 Å². The summed E-state index contributed by atoms with van der Waals surface area (Å²) in [5, 5.41) is 22.8. The van der Waals surface area contributed by atoms with Crippen LogP contribution in [0.25, 0.3) is 0 Å². The van der Waals surface area contributed by atoms with Crippen LogP contribution in [0.5, 0.6) is 0 Å². The van der Waals surface area contributed by atoms with Crippen LogP contribution in [-0.2, 0) is 4.79 Å². The van der Waals surface area contributed by atoms with E-state index in [1.54, 1.807) is 0 Å². The summed E-state index contributed by atoms with van der Waals surface area (Å²) < 4.78 is 0. The maximum absolute atomic E-state index is 10.9. The molecule has 5 nitrogen and oxygen atoms in total. The minimum Gasteiger partial charge on any atom is -0.481 e. The molecule has 2 rings (SSSR count). The van der Waals surface area contributed by atoms with Gasteiger partial charge in [-0.25, -0.2) is 0 Å². The number of rotatable bonds is 7. The van der Waals surface area contributed by atoms with Crippen molar-refractivity contribution in [1.29, 1.82) is 0 Å². The lowest BCUT2D eigenvalue weighted by Crippen LogP contribution is -2.46. The van der Waals surface area contributed by atoms with Crippen molar-refractivity contribution in [1.82, 2.24) is 10.2 Å². The van der Waals surface area contributed by atoms with E-state index in [0.29, 0.717) is 32.2 Å². The first kappa shape index (κ1) is 16.7. The average molecular weight is 298 g/mol. The first-order valence-corrected chi connectivity index (χ1v) is 8.36. The number of nitrogens with one attached hydrogen (secondary N) is 1. The van der Waals surface area contributed by atoms with Crippen LogP contribution in [0.2, 0.25) is 0 Å². The van der Waals surface area contributed by atoms with E-state index in [0.717, 1.165) is 19.1 Å². The van der Waals surface area contributed by atoms with Crippen molar-refractivity contribution in [2.24, 2.45) is 5.92 Å². The average Bonchev–Trinajstić information content (AvgIpc) is 2.98. The Morgan fingerprint density at radius 1 is 1.24 bits per heavy atom. The first-order chi connectivity index (χ1) is 10.0. The second-order valence-corrected chi connectivity index (χ2v) is 6.93. The Morgan fingerprint density at radius 2 is 1.86 bits per heavy atom. The van der Waals surface area contributed by atoms with Gasteiger partial charge in [-0.05, 0) is 45.6 Å². The zero-order valence-corrected chi connectivity index (χ0v) is 13.2. The predicted molar refractivity (Wildman–Crippen MR) is 82.3 cm³/mol. The fourth-order valence-electron chi connectivity index (χ4n) is 3.68. The number of aliphatic carboxylic acids is 1. The molecule has 2 aliphatic carbocycles. The molecule has 5 heteroatoms. The first-order valence-electron chi connectivity index (χ1n) is 8.36. The molecule has 0 heterocycles. The Labute approximate surface area is 127 Å². The highest BCUT2D eigenvalue weighted by atomic mass is 16.4. The molecule has 0 aliphatic heterocycles. The van der Waals surface area contributed by atoms with Crippen LogP contribution < -0.4 is 5.32 Å². The lowest BCUT2D eigenvalue weighted by molar-refractivity contribution is -0.144. The van der Waals surface area contributed by atoms with Crippen LogP contribution in [0.4, 0.5) is 0 Å². The third-order valence-electron chi connectivity index (χ3n) is 5.31. The third kappa shape index (κ3) is 4.94. The molecule has 0 saturated heterocycles. The third-order valence-corrected chi connectivity index (χ3v) is 5.31. The van der Waals surface area contributed by atoms with Crippen molar-refractivity contribution in [3.63, 3.8) is 0 Å². The minimum absolute atomic E-state index is 0.265. The molecule has 0 aromatic rings. The Kier molecular flexibility index (Phi) is 6.02. The number of nitrogens with zero attached hydrogens (tertiary/aromatic N) is 1. The lowest BCUT2D eigenvalue weighted by Gasteiger charge is -2.35. The van der Waals surface area contributed by atoms with Gasteiger partial charge in [-0.2, -0.15) is 0 Å². The summed E-state index contributed by atoms with van der Waals surface area (Å²) in [6.45, 7) is 2.48. The zero-order chi connectivity index (χ0) is 15.3. The standard InChI is InChI=1S/C16H30N2O3/c1-18(14-4-2-3-5-14)11-10-17-12-16(21)8-6-13(7-9-16)15(19)20/h13-14,17,21H,2-12H2,1H3,(H,19,20). The summed E-state index contributed by atoms with van der Waals surface area (Å²) in [6, 6.07) is 0.737. The molecule has 0 amide bonds. The second kappa shape index (κ2) is 7.56. The van der Waals surface area contributed by atoms with E-state index in [1.165, 1.54) is 25.7 Å². The normalized spacial score (nSPS) is 30.9. The Bertz CT molecular complexity index is 334. The highest BCUT2D eigenvalue weighted by Crippen LogP contribution is 2.31. The van der Waals surface area contributed by atoms with Gasteiger partial charge in [0.2, 0.25) is 0 Å². The van der Waals surface area contributed by atoms with Crippen molar-refractivity contribution < 1.29 is 15.0 Å². The minimum atomic E-state index is -0.719. The largest absolute Gasteiger partial charge is 0.481 e. The van der Waals surface area contributed by atoms with Gasteiger partial charge in [-0.3, -0.25) is 4.79 Å². The van der Waals surface area contributed by atoms with Crippen LogP contribution in [-0.4, -0.2) is 59.4 Å². The van der Waals surface area contributed by atoms with E-state index in [1.807, 2.05) is 0 Å². The molecule has 0 radical (unpaired) electrons. The van der Waals surface area contributed by atoms with E-state index in [9.17, 15) is 9.90 Å². The maximum Gasteiger partial charge on any atom is 0.306 e. The van der Waals surface area contributed by atoms with Crippen LogP contribution in [0.15, 0.2) is 0 Å². The predicted octanol–water partition coefficient (Wildman–Crippen LogP) is 1.46. The second-order valence-electron chi connectivity index (χ2n) is 6.93. The molecule has 0 unspecified atom stereocenters. The molecule has 2 saturated carbocycles.